The Kier molecular flexibility index (Phi) is 5.58. The number of hydrogen-bond acceptors (Lipinski definition) is 6. The SMILES string of the molecule is CCOC(=O)c1c(NC(=O)c2cnn(CC)c2C)sc(C(N)=O)c1C. The van der Waals surface area contributed by atoms with Gasteiger partial charge in [-0.15, -0.1) is 11.3 Å². The number of rotatable bonds is 6. The Labute approximate surface area is 149 Å². The molecule has 0 spiro atoms. The summed E-state index contributed by atoms with van der Waals surface area (Å²) in [6.07, 6.45) is 1.47. The van der Waals surface area contributed by atoms with Gasteiger partial charge in [-0.1, -0.05) is 0 Å². The Hall–Kier alpha value is -2.68. The number of nitrogens with one attached hydrogen (secondary N) is 1. The molecule has 2 aromatic heterocycles. The van der Waals surface area contributed by atoms with Crippen LogP contribution < -0.4 is 11.1 Å². The molecule has 2 rings (SSSR count). The van der Waals surface area contributed by atoms with E-state index in [1.807, 2.05) is 6.92 Å². The molecule has 0 saturated heterocycles. The standard InChI is InChI=1S/C16H20N4O4S/c1-5-20-9(4)10(7-18-20)14(22)19-15-11(16(23)24-6-2)8(3)12(25-15)13(17)21/h7H,5-6H2,1-4H3,(H2,17,21)(H,19,22). The predicted octanol–water partition coefficient (Wildman–Crippen LogP) is 2.11. The van der Waals surface area contributed by atoms with E-state index in [9.17, 15) is 14.4 Å². The number of thiophene rings is 1. The smallest absolute Gasteiger partial charge is 0.341 e. The van der Waals surface area contributed by atoms with Crippen molar-refractivity contribution in [2.45, 2.75) is 34.2 Å². The van der Waals surface area contributed by atoms with Gasteiger partial charge < -0.3 is 15.8 Å². The molecule has 134 valence electrons. The minimum absolute atomic E-state index is 0.148. The largest absolute Gasteiger partial charge is 0.462 e. The number of amides is 2. The van der Waals surface area contributed by atoms with Crippen molar-refractivity contribution in [3.63, 3.8) is 0 Å². The van der Waals surface area contributed by atoms with Crippen molar-refractivity contribution in [1.29, 1.82) is 0 Å². The van der Waals surface area contributed by atoms with Crippen LogP contribution in [0.3, 0.4) is 0 Å². The van der Waals surface area contributed by atoms with E-state index in [0.29, 0.717) is 23.4 Å². The topological polar surface area (TPSA) is 116 Å². The van der Waals surface area contributed by atoms with Crippen LogP contribution in [-0.2, 0) is 11.3 Å². The van der Waals surface area contributed by atoms with Crippen LogP contribution >= 0.6 is 11.3 Å². The molecule has 0 bridgehead atoms. The fraction of sp³-hybridized carbons (Fsp3) is 0.375. The van der Waals surface area contributed by atoms with Crippen molar-refractivity contribution in [3.05, 3.63) is 33.5 Å². The van der Waals surface area contributed by atoms with Crippen LogP contribution in [0.2, 0.25) is 0 Å². The second-order valence-corrected chi connectivity index (χ2v) is 6.28. The van der Waals surface area contributed by atoms with E-state index in [4.69, 9.17) is 10.5 Å². The monoisotopic (exact) mass is 364 g/mol. The summed E-state index contributed by atoms with van der Waals surface area (Å²) >= 11 is 0.955. The number of aromatic nitrogens is 2. The van der Waals surface area contributed by atoms with Gasteiger partial charge in [-0.2, -0.15) is 5.10 Å². The van der Waals surface area contributed by atoms with E-state index in [0.717, 1.165) is 11.3 Å². The second kappa shape index (κ2) is 7.47. The van der Waals surface area contributed by atoms with E-state index >= 15 is 0 Å². The highest BCUT2D eigenvalue weighted by atomic mass is 32.1. The lowest BCUT2D eigenvalue weighted by molar-refractivity contribution is 0.0527. The second-order valence-electron chi connectivity index (χ2n) is 5.26. The number of carbonyl (C=O) groups is 3. The lowest BCUT2D eigenvalue weighted by atomic mass is 10.1. The maximum atomic E-state index is 12.6. The normalized spacial score (nSPS) is 10.6. The molecule has 0 fully saturated rings. The van der Waals surface area contributed by atoms with Crippen molar-refractivity contribution in [2.24, 2.45) is 5.73 Å². The summed E-state index contributed by atoms with van der Waals surface area (Å²) in [5, 5.41) is 7.04. The van der Waals surface area contributed by atoms with Crippen LogP contribution in [0.5, 0.6) is 0 Å². The summed E-state index contributed by atoms with van der Waals surface area (Å²) in [4.78, 5) is 36.6. The number of nitrogens with two attached hydrogens (primary N) is 1. The maximum absolute atomic E-state index is 12.6. The zero-order chi connectivity index (χ0) is 18.7. The molecule has 0 aliphatic heterocycles. The molecule has 0 aliphatic carbocycles. The molecule has 25 heavy (non-hydrogen) atoms. The van der Waals surface area contributed by atoms with Gasteiger partial charge in [-0.25, -0.2) is 4.79 Å². The van der Waals surface area contributed by atoms with Crippen molar-refractivity contribution in [1.82, 2.24) is 9.78 Å². The zero-order valence-electron chi connectivity index (χ0n) is 14.5. The third-order valence-corrected chi connectivity index (χ3v) is 4.95. The summed E-state index contributed by atoms with van der Waals surface area (Å²) in [5.41, 5.74) is 7.00. The Morgan fingerprint density at radius 3 is 2.52 bits per heavy atom. The molecular weight excluding hydrogens is 344 g/mol. The quantitative estimate of drug-likeness (QED) is 0.762. The minimum Gasteiger partial charge on any atom is -0.462 e. The average molecular weight is 364 g/mol. The van der Waals surface area contributed by atoms with Crippen LogP contribution in [-0.4, -0.2) is 34.2 Å². The van der Waals surface area contributed by atoms with Crippen molar-refractivity contribution in [2.75, 3.05) is 11.9 Å². The van der Waals surface area contributed by atoms with E-state index in [-0.39, 0.29) is 22.0 Å². The average Bonchev–Trinajstić information content (AvgIpc) is 3.07. The molecule has 3 N–H and O–H groups in total. The van der Waals surface area contributed by atoms with Gasteiger partial charge in [0.25, 0.3) is 11.8 Å². The molecular formula is C16H20N4O4S. The van der Waals surface area contributed by atoms with E-state index in [1.165, 1.54) is 6.20 Å². The van der Waals surface area contributed by atoms with Gasteiger partial charge in [-0.05, 0) is 33.3 Å². The number of hydrogen-bond donors (Lipinski definition) is 2. The Morgan fingerprint density at radius 2 is 2.00 bits per heavy atom. The van der Waals surface area contributed by atoms with Gasteiger partial charge in [-0.3, -0.25) is 14.3 Å². The Bertz CT molecular complexity index is 838. The van der Waals surface area contributed by atoms with Crippen LogP contribution in [0.15, 0.2) is 6.20 Å². The van der Waals surface area contributed by atoms with Gasteiger partial charge in [0, 0.05) is 12.2 Å². The number of esters is 1. The van der Waals surface area contributed by atoms with Gasteiger partial charge in [0.15, 0.2) is 0 Å². The molecule has 0 atom stereocenters. The van der Waals surface area contributed by atoms with E-state index < -0.39 is 17.8 Å². The first-order valence-electron chi connectivity index (χ1n) is 7.75. The van der Waals surface area contributed by atoms with Crippen LogP contribution in [0.25, 0.3) is 0 Å². The van der Waals surface area contributed by atoms with Crippen molar-refractivity contribution in [3.8, 4) is 0 Å². The predicted molar refractivity (Wildman–Crippen MR) is 94.1 cm³/mol. The summed E-state index contributed by atoms with van der Waals surface area (Å²) in [6.45, 7) is 7.79. The minimum atomic E-state index is -0.663. The molecule has 0 saturated carbocycles. The zero-order valence-corrected chi connectivity index (χ0v) is 15.3. The molecule has 8 nitrogen and oxygen atoms in total. The van der Waals surface area contributed by atoms with Crippen molar-refractivity contribution >= 4 is 34.1 Å². The first kappa shape index (κ1) is 18.7. The molecule has 0 radical (unpaired) electrons. The fourth-order valence-electron chi connectivity index (χ4n) is 2.44. The lowest BCUT2D eigenvalue weighted by Gasteiger charge is -2.07. The highest BCUT2D eigenvalue weighted by Gasteiger charge is 2.26. The summed E-state index contributed by atoms with van der Waals surface area (Å²) in [7, 11) is 0. The molecule has 2 amide bonds. The molecule has 9 heteroatoms. The third kappa shape index (κ3) is 3.55. The first-order valence-corrected chi connectivity index (χ1v) is 8.57. The number of nitrogens with zero attached hydrogens (tertiary/aromatic N) is 2. The summed E-state index contributed by atoms with van der Waals surface area (Å²) in [5.74, 6) is -1.69. The van der Waals surface area contributed by atoms with Crippen LogP contribution in [0, 0.1) is 13.8 Å². The van der Waals surface area contributed by atoms with Gasteiger partial charge in [0.05, 0.1) is 28.8 Å². The number of anilines is 1. The molecule has 0 aromatic carbocycles. The highest BCUT2D eigenvalue weighted by Crippen LogP contribution is 2.34. The molecule has 2 aromatic rings. The van der Waals surface area contributed by atoms with Gasteiger partial charge in [0.1, 0.15) is 5.00 Å². The first-order chi connectivity index (χ1) is 11.8. The lowest BCUT2D eigenvalue weighted by Crippen LogP contribution is -2.16. The molecule has 0 aliphatic rings. The molecule has 2 heterocycles. The number of aryl methyl sites for hydroxylation is 1. The Balaban J connectivity index is 2.42. The van der Waals surface area contributed by atoms with Crippen molar-refractivity contribution < 1.29 is 19.1 Å². The summed E-state index contributed by atoms with van der Waals surface area (Å²) in [6, 6.07) is 0. The number of primary amides is 1. The molecule has 0 unspecified atom stereocenters. The van der Waals surface area contributed by atoms with Crippen LogP contribution in [0.1, 0.15) is 55.5 Å². The van der Waals surface area contributed by atoms with Gasteiger partial charge >= 0.3 is 5.97 Å². The van der Waals surface area contributed by atoms with E-state index in [1.54, 1.807) is 25.5 Å². The summed E-state index contributed by atoms with van der Waals surface area (Å²) < 4.78 is 6.71. The number of carbonyl (C=O) groups excluding carboxylic acids is 3. The van der Waals surface area contributed by atoms with Crippen LogP contribution in [0.4, 0.5) is 5.00 Å². The Morgan fingerprint density at radius 1 is 1.32 bits per heavy atom. The van der Waals surface area contributed by atoms with E-state index in [2.05, 4.69) is 10.4 Å². The fourth-order valence-corrected chi connectivity index (χ4v) is 3.49. The highest BCUT2D eigenvalue weighted by molar-refractivity contribution is 7.18. The number of ether oxygens (including phenoxy) is 1. The third-order valence-electron chi connectivity index (χ3n) is 3.72. The maximum Gasteiger partial charge on any atom is 0.341 e. The van der Waals surface area contributed by atoms with Gasteiger partial charge in [0.2, 0.25) is 0 Å².